The number of amides is 1. The SMILES string of the molecule is Cc1cc(Cl)c(S(=O)(=O)N2CCNC(=O)C2(C)C)cc1N. The van der Waals surface area contributed by atoms with Crippen molar-refractivity contribution in [3.8, 4) is 0 Å². The van der Waals surface area contributed by atoms with Crippen LogP contribution in [0.25, 0.3) is 0 Å². The average molecular weight is 332 g/mol. The van der Waals surface area contributed by atoms with E-state index in [1.807, 2.05) is 0 Å². The van der Waals surface area contributed by atoms with Crippen molar-refractivity contribution in [1.82, 2.24) is 9.62 Å². The van der Waals surface area contributed by atoms with Crippen molar-refractivity contribution >= 4 is 33.2 Å². The number of aryl methyl sites for hydroxylation is 1. The lowest BCUT2D eigenvalue weighted by molar-refractivity contribution is -0.131. The van der Waals surface area contributed by atoms with Crippen molar-refractivity contribution in [2.75, 3.05) is 18.8 Å². The van der Waals surface area contributed by atoms with Gasteiger partial charge in [-0.3, -0.25) is 4.79 Å². The van der Waals surface area contributed by atoms with Crippen molar-refractivity contribution in [3.63, 3.8) is 0 Å². The Hall–Kier alpha value is -1.31. The molecule has 1 aromatic rings. The smallest absolute Gasteiger partial charge is 0.245 e. The van der Waals surface area contributed by atoms with Gasteiger partial charge < -0.3 is 11.1 Å². The van der Waals surface area contributed by atoms with Crippen LogP contribution < -0.4 is 11.1 Å². The number of carbonyl (C=O) groups excluding carboxylic acids is 1. The Morgan fingerprint density at radius 3 is 2.62 bits per heavy atom. The number of carbonyl (C=O) groups is 1. The number of halogens is 1. The number of nitrogen functional groups attached to an aromatic ring is 1. The largest absolute Gasteiger partial charge is 0.398 e. The zero-order valence-electron chi connectivity index (χ0n) is 12.1. The minimum absolute atomic E-state index is 0.0740. The summed E-state index contributed by atoms with van der Waals surface area (Å²) >= 11 is 6.07. The molecule has 6 nitrogen and oxygen atoms in total. The Bertz CT molecular complexity index is 701. The van der Waals surface area contributed by atoms with Gasteiger partial charge in [0.25, 0.3) is 0 Å². The van der Waals surface area contributed by atoms with Crippen molar-refractivity contribution in [2.24, 2.45) is 0 Å². The molecule has 2 rings (SSSR count). The summed E-state index contributed by atoms with van der Waals surface area (Å²) in [6.45, 7) is 5.32. The molecule has 0 saturated carbocycles. The third-order valence-corrected chi connectivity index (χ3v) is 6.21. The molecular weight excluding hydrogens is 314 g/mol. The third-order valence-electron chi connectivity index (χ3n) is 3.67. The van der Waals surface area contributed by atoms with Crippen LogP contribution in [0.1, 0.15) is 19.4 Å². The highest BCUT2D eigenvalue weighted by molar-refractivity contribution is 7.89. The van der Waals surface area contributed by atoms with Gasteiger partial charge in [-0.25, -0.2) is 8.42 Å². The van der Waals surface area contributed by atoms with E-state index in [1.54, 1.807) is 20.8 Å². The van der Waals surface area contributed by atoms with Crippen molar-refractivity contribution in [1.29, 1.82) is 0 Å². The number of piperazine rings is 1. The fourth-order valence-corrected chi connectivity index (χ4v) is 4.63. The molecular formula is C13H18ClN3O3S. The van der Waals surface area contributed by atoms with Crippen molar-refractivity contribution < 1.29 is 13.2 Å². The minimum Gasteiger partial charge on any atom is -0.398 e. The third kappa shape index (κ3) is 2.61. The van der Waals surface area contributed by atoms with Crippen LogP contribution in [0.5, 0.6) is 0 Å². The van der Waals surface area contributed by atoms with Crippen LogP contribution in [0, 0.1) is 6.92 Å². The molecule has 1 fully saturated rings. The van der Waals surface area contributed by atoms with Gasteiger partial charge in [-0.05, 0) is 38.5 Å². The summed E-state index contributed by atoms with van der Waals surface area (Å²) in [5, 5.41) is 2.76. The molecule has 0 atom stereocenters. The summed E-state index contributed by atoms with van der Waals surface area (Å²) in [6.07, 6.45) is 0. The molecule has 1 saturated heterocycles. The second-order valence-electron chi connectivity index (χ2n) is 5.53. The summed E-state index contributed by atoms with van der Waals surface area (Å²) in [4.78, 5) is 11.9. The lowest BCUT2D eigenvalue weighted by atomic mass is 10.0. The maximum absolute atomic E-state index is 12.8. The Balaban J connectivity index is 2.57. The second-order valence-corrected chi connectivity index (χ2v) is 7.77. The van der Waals surface area contributed by atoms with E-state index in [0.29, 0.717) is 11.3 Å². The average Bonchev–Trinajstić information content (AvgIpc) is 2.36. The summed E-state index contributed by atoms with van der Waals surface area (Å²) < 4.78 is 26.8. The van der Waals surface area contributed by atoms with Gasteiger partial charge in [-0.1, -0.05) is 11.6 Å². The van der Waals surface area contributed by atoms with E-state index in [2.05, 4.69) is 5.32 Å². The topological polar surface area (TPSA) is 92.5 Å². The minimum atomic E-state index is -3.91. The van der Waals surface area contributed by atoms with E-state index in [1.165, 1.54) is 12.1 Å². The molecule has 0 aliphatic carbocycles. The molecule has 1 amide bonds. The van der Waals surface area contributed by atoms with Crippen LogP contribution in [-0.4, -0.2) is 37.3 Å². The van der Waals surface area contributed by atoms with Crippen LogP contribution in [0.15, 0.2) is 17.0 Å². The standard InChI is InChI=1S/C13H18ClN3O3S/c1-8-6-9(14)11(7-10(8)15)21(19,20)17-5-4-16-12(18)13(17,2)3/h6-7H,4-5,15H2,1-3H3,(H,16,18). The number of nitrogens with two attached hydrogens (primary N) is 1. The van der Waals surface area contributed by atoms with E-state index in [-0.39, 0.29) is 28.9 Å². The second kappa shape index (κ2) is 5.15. The molecule has 0 spiro atoms. The van der Waals surface area contributed by atoms with Gasteiger partial charge in [0.15, 0.2) is 0 Å². The van der Waals surface area contributed by atoms with Crippen LogP contribution in [-0.2, 0) is 14.8 Å². The number of hydrogen-bond acceptors (Lipinski definition) is 4. The quantitative estimate of drug-likeness (QED) is 0.794. The number of nitrogens with one attached hydrogen (secondary N) is 1. The number of anilines is 1. The summed E-state index contributed by atoms with van der Waals surface area (Å²) in [7, 11) is -3.91. The molecule has 1 heterocycles. The Morgan fingerprint density at radius 1 is 1.38 bits per heavy atom. The van der Waals surface area contributed by atoms with Gasteiger partial charge in [-0.15, -0.1) is 0 Å². The first-order valence-electron chi connectivity index (χ1n) is 6.45. The highest BCUT2D eigenvalue weighted by Crippen LogP contribution is 2.33. The number of rotatable bonds is 2. The number of hydrogen-bond donors (Lipinski definition) is 2. The maximum Gasteiger partial charge on any atom is 0.245 e. The van der Waals surface area contributed by atoms with E-state index in [0.717, 1.165) is 4.31 Å². The van der Waals surface area contributed by atoms with E-state index >= 15 is 0 Å². The van der Waals surface area contributed by atoms with Crippen molar-refractivity contribution in [2.45, 2.75) is 31.2 Å². The Morgan fingerprint density at radius 2 is 2.00 bits per heavy atom. The van der Waals surface area contributed by atoms with Gasteiger partial charge >= 0.3 is 0 Å². The van der Waals surface area contributed by atoms with E-state index in [9.17, 15) is 13.2 Å². The first kappa shape index (κ1) is 16.1. The van der Waals surface area contributed by atoms with Crippen LogP contribution in [0.4, 0.5) is 5.69 Å². The summed E-state index contributed by atoms with van der Waals surface area (Å²) in [5.41, 5.74) is 5.66. The normalized spacial score (nSPS) is 19.3. The van der Waals surface area contributed by atoms with E-state index < -0.39 is 15.6 Å². The van der Waals surface area contributed by atoms with Crippen LogP contribution in [0.3, 0.4) is 0 Å². The molecule has 8 heteroatoms. The molecule has 0 bridgehead atoms. The van der Waals surface area contributed by atoms with Gasteiger partial charge in [0.2, 0.25) is 15.9 Å². The highest BCUT2D eigenvalue weighted by atomic mass is 35.5. The molecule has 0 unspecified atom stereocenters. The molecule has 0 radical (unpaired) electrons. The lowest BCUT2D eigenvalue weighted by Crippen LogP contribution is -2.63. The molecule has 1 aliphatic heterocycles. The molecule has 3 N–H and O–H groups in total. The molecule has 116 valence electrons. The Kier molecular flexibility index (Phi) is 3.94. The van der Waals surface area contributed by atoms with Gasteiger partial charge in [0, 0.05) is 18.8 Å². The van der Waals surface area contributed by atoms with Gasteiger partial charge in [0.05, 0.1) is 5.02 Å². The fraction of sp³-hybridized carbons (Fsp3) is 0.462. The maximum atomic E-state index is 12.8. The number of nitrogens with zero attached hydrogens (tertiary/aromatic N) is 1. The lowest BCUT2D eigenvalue weighted by Gasteiger charge is -2.40. The van der Waals surface area contributed by atoms with Crippen LogP contribution in [0.2, 0.25) is 5.02 Å². The predicted molar refractivity (Wildman–Crippen MR) is 81.6 cm³/mol. The summed E-state index contributed by atoms with van der Waals surface area (Å²) in [6, 6.07) is 2.86. The predicted octanol–water partition coefficient (Wildman–Crippen LogP) is 1.13. The highest BCUT2D eigenvalue weighted by Gasteiger charge is 2.45. The molecule has 21 heavy (non-hydrogen) atoms. The number of benzene rings is 1. The summed E-state index contributed by atoms with van der Waals surface area (Å²) in [5.74, 6) is -0.339. The molecule has 1 aromatic carbocycles. The zero-order valence-corrected chi connectivity index (χ0v) is 13.7. The monoisotopic (exact) mass is 331 g/mol. The first-order chi connectivity index (χ1) is 9.58. The Labute approximate surface area is 129 Å². The first-order valence-corrected chi connectivity index (χ1v) is 8.27. The van der Waals surface area contributed by atoms with Crippen molar-refractivity contribution in [3.05, 3.63) is 22.7 Å². The zero-order chi connectivity index (χ0) is 16.0. The van der Waals surface area contributed by atoms with Gasteiger partial charge in [0.1, 0.15) is 10.4 Å². The van der Waals surface area contributed by atoms with Crippen LogP contribution >= 0.6 is 11.6 Å². The van der Waals surface area contributed by atoms with Gasteiger partial charge in [-0.2, -0.15) is 4.31 Å². The fourth-order valence-electron chi connectivity index (χ4n) is 2.29. The molecule has 0 aromatic heterocycles. The van der Waals surface area contributed by atoms with E-state index in [4.69, 9.17) is 17.3 Å². The number of sulfonamides is 1. The molecule has 1 aliphatic rings.